The number of carbonyl (C=O) groups is 2. The van der Waals surface area contributed by atoms with Crippen molar-refractivity contribution in [2.24, 2.45) is 0 Å². The first-order valence-electron chi connectivity index (χ1n) is 8.06. The highest BCUT2D eigenvalue weighted by Crippen LogP contribution is 2.21. The average molecular weight is 331 g/mol. The van der Waals surface area contributed by atoms with Crippen molar-refractivity contribution in [2.75, 3.05) is 27.2 Å². The van der Waals surface area contributed by atoms with Crippen molar-refractivity contribution >= 4 is 23.3 Å². The number of rotatable bonds is 9. The maximum atomic E-state index is 11.0. The Labute approximate surface area is 142 Å². The molecule has 6 heteroatoms. The standard InChI is InChI=1S/C18H25N3O3/c1-13(23)24-11-16(20-12-22)8-14-4-5-18-17(9-14)15(10-19-18)6-7-21(2)3/h4-5,9-10,12,16,19H,6-8,11H2,1-3H3,(H,20,22). The maximum absolute atomic E-state index is 11.0. The van der Waals surface area contributed by atoms with Gasteiger partial charge in [-0.3, -0.25) is 9.59 Å². The zero-order chi connectivity index (χ0) is 17.5. The Bertz CT molecular complexity index is 694. The second-order valence-electron chi connectivity index (χ2n) is 6.24. The summed E-state index contributed by atoms with van der Waals surface area (Å²) < 4.78 is 5.02. The van der Waals surface area contributed by atoms with E-state index in [1.54, 1.807) is 0 Å². The predicted molar refractivity (Wildman–Crippen MR) is 93.9 cm³/mol. The van der Waals surface area contributed by atoms with Crippen molar-refractivity contribution in [1.29, 1.82) is 0 Å². The van der Waals surface area contributed by atoms with E-state index in [1.165, 1.54) is 17.9 Å². The monoisotopic (exact) mass is 331 g/mol. The Balaban J connectivity index is 2.13. The molecule has 2 N–H and O–H groups in total. The van der Waals surface area contributed by atoms with Gasteiger partial charge in [0.05, 0.1) is 6.04 Å². The number of esters is 1. The molecule has 1 aromatic heterocycles. The molecular weight excluding hydrogens is 306 g/mol. The molecule has 1 atom stereocenters. The van der Waals surface area contributed by atoms with Gasteiger partial charge in [0, 0.05) is 30.6 Å². The summed E-state index contributed by atoms with van der Waals surface area (Å²) in [4.78, 5) is 27.2. The second-order valence-corrected chi connectivity index (χ2v) is 6.24. The molecule has 0 radical (unpaired) electrons. The molecule has 1 aromatic carbocycles. The summed E-state index contributed by atoms with van der Waals surface area (Å²) in [5.41, 5.74) is 3.48. The Kier molecular flexibility index (Phi) is 6.37. The normalized spacial score (nSPS) is 12.3. The molecule has 2 aromatic rings. The van der Waals surface area contributed by atoms with Crippen LogP contribution in [-0.4, -0.2) is 55.6 Å². The molecule has 1 amide bonds. The van der Waals surface area contributed by atoms with Crippen molar-refractivity contribution in [1.82, 2.24) is 15.2 Å². The quantitative estimate of drug-likeness (QED) is 0.539. The summed E-state index contributed by atoms with van der Waals surface area (Å²) in [6.07, 6.45) is 4.28. The zero-order valence-electron chi connectivity index (χ0n) is 14.5. The van der Waals surface area contributed by atoms with Crippen LogP contribution in [-0.2, 0) is 27.2 Å². The molecule has 130 valence electrons. The molecule has 0 aliphatic heterocycles. The van der Waals surface area contributed by atoms with Crippen LogP contribution in [0.4, 0.5) is 0 Å². The van der Waals surface area contributed by atoms with Crippen LogP contribution in [0.15, 0.2) is 24.4 Å². The molecule has 0 bridgehead atoms. The van der Waals surface area contributed by atoms with Gasteiger partial charge in [0.2, 0.25) is 6.41 Å². The SMILES string of the molecule is CC(=O)OCC(Cc1ccc2[nH]cc(CCN(C)C)c2c1)NC=O. The van der Waals surface area contributed by atoms with Crippen LogP contribution in [0.1, 0.15) is 18.1 Å². The largest absolute Gasteiger partial charge is 0.464 e. The van der Waals surface area contributed by atoms with E-state index in [-0.39, 0.29) is 18.6 Å². The van der Waals surface area contributed by atoms with Crippen molar-refractivity contribution in [3.05, 3.63) is 35.5 Å². The van der Waals surface area contributed by atoms with Crippen molar-refractivity contribution in [3.8, 4) is 0 Å². The summed E-state index contributed by atoms with van der Waals surface area (Å²) >= 11 is 0. The number of ether oxygens (including phenoxy) is 1. The molecule has 1 heterocycles. The van der Waals surface area contributed by atoms with Crippen molar-refractivity contribution < 1.29 is 14.3 Å². The van der Waals surface area contributed by atoms with E-state index in [9.17, 15) is 9.59 Å². The van der Waals surface area contributed by atoms with E-state index in [0.29, 0.717) is 12.8 Å². The molecule has 0 aliphatic rings. The highest BCUT2D eigenvalue weighted by molar-refractivity contribution is 5.84. The lowest BCUT2D eigenvalue weighted by atomic mass is 10.0. The fourth-order valence-corrected chi connectivity index (χ4v) is 2.67. The van der Waals surface area contributed by atoms with Gasteiger partial charge in [-0.05, 0) is 50.2 Å². The topological polar surface area (TPSA) is 74.4 Å². The number of aromatic amines is 1. The first kappa shape index (κ1) is 18.0. The highest BCUT2D eigenvalue weighted by atomic mass is 16.5. The number of amides is 1. The summed E-state index contributed by atoms with van der Waals surface area (Å²) in [6, 6.07) is 5.99. The molecule has 0 spiro atoms. The molecule has 6 nitrogen and oxygen atoms in total. The van der Waals surface area contributed by atoms with Gasteiger partial charge in [0.1, 0.15) is 6.61 Å². The van der Waals surface area contributed by atoms with Gasteiger partial charge in [-0.1, -0.05) is 6.07 Å². The fourth-order valence-electron chi connectivity index (χ4n) is 2.67. The summed E-state index contributed by atoms with van der Waals surface area (Å²) in [6.45, 7) is 2.52. The third-order valence-corrected chi connectivity index (χ3v) is 3.93. The van der Waals surface area contributed by atoms with Crippen molar-refractivity contribution in [3.63, 3.8) is 0 Å². The van der Waals surface area contributed by atoms with E-state index in [1.807, 2.05) is 12.1 Å². The van der Waals surface area contributed by atoms with Crippen LogP contribution in [0.2, 0.25) is 0 Å². The minimum atomic E-state index is -0.347. The first-order valence-corrected chi connectivity index (χ1v) is 8.06. The van der Waals surface area contributed by atoms with Gasteiger partial charge in [0.25, 0.3) is 0 Å². The van der Waals surface area contributed by atoms with Gasteiger partial charge in [0.15, 0.2) is 0 Å². The van der Waals surface area contributed by atoms with Gasteiger partial charge in [-0.25, -0.2) is 0 Å². The highest BCUT2D eigenvalue weighted by Gasteiger charge is 2.12. The number of hydrogen-bond acceptors (Lipinski definition) is 4. The predicted octanol–water partition coefficient (Wildman–Crippen LogP) is 1.49. The van der Waals surface area contributed by atoms with E-state index in [4.69, 9.17) is 4.74 Å². The van der Waals surface area contributed by atoms with E-state index >= 15 is 0 Å². The van der Waals surface area contributed by atoms with Crippen LogP contribution < -0.4 is 5.32 Å². The molecule has 0 fully saturated rings. The van der Waals surface area contributed by atoms with Gasteiger partial charge < -0.3 is 19.9 Å². The lowest BCUT2D eigenvalue weighted by Gasteiger charge is -2.16. The van der Waals surface area contributed by atoms with Crippen LogP contribution in [0, 0.1) is 0 Å². The molecule has 1 unspecified atom stereocenters. The summed E-state index contributed by atoms with van der Waals surface area (Å²) in [5.74, 6) is -0.347. The fraction of sp³-hybridized carbons (Fsp3) is 0.444. The number of fused-ring (bicyclic) bond motifs is 1. The lowest BCUT2D eigenvalue weighted by Crippen LogP contribution is -2.35. The number of likely N-dealkylation sites (N-methyl/N-ethyl adjacent to an activating group) is 1. The average Bonchev–Trinajstić information content (AvgIpc) is 2.93. The Morgan fingerprint density at radius 3 is 2.88 bits per heavy atom. The van der Waals surface area contributed by atoms with Gasteiger partial charge in [-0.2, -0.15) is 0 Å². The number of nitrogens with zero attached hydrogens (tertiary/aromatic N) is 1. The Morgan fingerprint density at radius 2 is 2.21 bits per heavy atom. The molecule has 0 aliphatic carbocycles. The molecule has 2 rings (SSSR count). The van der Waals surface area contributed by atoms with Gasteiger partial charge in [-0.15, -0.1) is 0 Å². The Morgan fingerprint density at radius 1 is 1.42 bits per heavy atom. The van der Waals surface area contributed by atoms with Crippen LogP contribution in [0.3, 0.4) is 0 Å². The molecule has 24 heavy (non-hydrogen) atoms. The smallest absolute Gasteiger partial charge is 0.302 e. The molecule has 0 saturated carbocycles. The minimum Gasteiger partial charge on any atom is -0.464 e. The molecular formula is C18H25N3O3. The first-order chi connectivity index (χ1) is 11.5. The van der Waals surface area contributed by atoms with E-state index in [0.717, 1.165) is 24.0 Å². The zero-order valence-corrected chi connectivity index (χ0v) is 14.5. The number of benzene rings is 1. The van der Waals surface area contributed by atoms with Crippen LogP contribution >= 0.6 is 0 Å². The third kappa shape index (κ3) is 5.09. The summed E-state index contributed by atoms with van der Waals surface area (Å²) in [5, 5.41) is 3.91. The number of hydrogen-bond donors (Lipinski definition) is 2. The maximum Gasteiger partial charge on any atom is 0.302 e. The number of H-pyrrole nitrogens is 1. The number of nitrogens with one attached hydrogen (secondary N) is 2. The van der Waals surface area contributed by atoms with Crippen molar-refractivity contribution in [2.45, 2.75) is 25.8 Å². The van der Waals surface area contributed by atoms with Gasteiger partial charge >= 0.3 is 5.97 Å². The van der Waals surface area contributed by atoms with E-state index < -0.39 is 0 Å². The van der Waals surface area contributed by atoms with Crippen LogP contribution in [0.25, 0.3) is 10.9 Å². The number of aromatic nitrogens is 1. The van der Waals surface area contributed by atoms with Crippen LogP contribution in [0.5, 0.6) is 0 Å². The Hall–Kier alpha value is -2.34. The lowest BCUT2D eigenvalue weighted by molar-refractivity contribution is -0.142. The summed E-state index contributed by atoms with van der Waals surface area (Å²) in [7, 11) is 4.12. The second kappa shape index (κ2) is 8.49. The molecule has 0 saturated heterocycles. The number of carbonyl (C=O) groups excluding carboxylic acids is 2. The minimum absolute atomic E-state index is 0.173. The third-order valence-electron chi connectivity index (χ3n) is 3.93. The van der Waals surface area contributed by atoms with E-state index in [2.05, 4.69) is 41.6 Å².